The van der Waals surface area contributed by atoms with Crippen molar-refractivity contribution in [2.45, 2.75) is 26.4 Å². The molecule has 0 saturated carbocycles. The van der Waals surface area contributed by atoms with Crippen molar-refractivity contribution in [2.75, 3.05) is 0 Å². The number of hydrogen-bond donors (Lipinski definition) is 0. The molecule has 6 nitrogen and oxygen atoms in total. The molecular formula is C19H17ClN4O2. The topological polar surface area (TPSA) is 61.3 Å². The third kappa shape index (κ3) is 2.63. The molecule has 0 aliphatic rings. The molecule has 0 aliphatic heterocycles. The number of rotatable bonds is 4. The molecule has 4 aromatic rings. The van der Waals surface area contributed by atoms with Gasteiger partial charge in [-0.25, -0.2) is 13.9 Å². The average Bonchev–Trinajstić information content (AvgIpc) is 2.95. The van der Waals surface area contributed by atoms with Gasteiger partial charge in [-0.3, -0.25) is 9.36 Å². The number of benzene rings is 2. The second kappa shape index (κ2) is 6.46. The second-order valence-corrected chi connectivity index (χ2v) is 6.62. The van der Waals surface area contributed by atoms with E-state index < -0.39 is 0 Å². The van der Waals surface area contributed by atoms with Crippen LogP contribution in [-0.2, 0) is 13.1 Å². The Bertz CT molecular complexity index is 1240. The summed E-state index contributed by atoms with van der Waals surface area (Å²) in [6.45, 7) is 2.77. The van der Waals surface area contributed by atoms with Crippen molar-refractivity contribution in [2.24, 2.45) is 0 Å². The maximum atomic E-state index is 13.0. The molecule has 0 radical (unpaired) electrons. The summed E-state index contributed by atoms with van der Waals surface area (Å²) in [5.74, 6) is 0.363. The van der Waals surface area contributed by atoms with E-state index in [4.69, 9.17) is 11.6 Å². The van der Waals surface area contributed by atoms with E-state index in [2.05, 4.69) is 5.10 Å². The SMILES string of the molecule is CCCn1c(=O)c2ccccc2n2c(=O)n(Cc3cccc(Cl)c3)nc12. The molecule has 0 atom stereocenters. The van der Waals surface area contributed by atoms with Crippen molar-refractivity contribution in [1.82, 2.24) is 18.7 Å². The maximum Gasteiger partial charge on any atom is 0.352 e. The van der Waals surface area contributed by atoms with Gasteiger partial charge in [0.05, 0.1) is 17.4 Å². The molecule has 0 bridgehead atoms. The lowest BCUT2D eigenvalue weighted by atomic mass is 10.2. The summed E-state index contributed by atoms with van der Waals surface area (Å²) in [4.78, 5) is 25.9. The van der Waals surface area contributed by atoms with Gasteiger partial charge in [-0.05, 0) is 36.2 Å². The minimum Gasteiger partial charge on any atom is -0.276 e. The van der Waals surface area contributed by atoms with E-state index in [1.54, 1.807) is 34.9 Å². The first-order valence-corrected chi connectivity index (χ1v) is 8.83. The van der Waals surface area contributed by atoms with Gasteiger partial charge < -0.3 is 0 Å². The summed E-state index contributed by atoms with van der Waals surface area (Å²) in [7, 11) is 0. The van der Waals surface area contributed by atoms with Crippen LogP contribution in [0, 0.1) is 0 Å². The Kier molecular flexibility index (Phi) is 4.12. The molecule has 0 unspecified atom stereocenters. The zero-order valence-electron chi connectivity index (χ0n) is 14.2. The average molecular weight is 369 g/mol. The fraction of sp³-hybridized carbons (Fsp3) is 0.211. The Morgan fingerprint density at radius 1 is 1.08 bits per heavy atom. The van der Waals surface area contributed by atoms with Crippen LogP contribution in [0.4, 0.5) is 0 Å². The summed E-state index contributed by atoms with van der Waals surface area (Å²) >= 11 is 6.04. The third-order valence-corrected chi connectivity index (χ3v) is 4.59. The van der Waals surface area contributed by atoms with E-state index in [0.717, 1.165) is 12.0 Å². The van der Waals surface area contributed by atoms with Crippen LogP contribution in [0.25, 0.3) is 16.7 Å². The Labute approximate surface area is 153 Å². The monoisotopic (exact) mass is 368 g/mol. The first kappa shape index (κ1) is 16.6. The Morgan fingerprint density at radius 3 is 2.65 bits per heavy atom. The highest BCUT2D eigenvalue weighted by atomic mass is 35.5. The molecule has 132 valence electrons. The molecule has 7 heteroatoms. The van der Waals surface area contributed by atoms with E-state index in [-0.39, 0.29) is 17.8 Å². The zero-order valence-corrected chi connectivity index (χ0v) is 15.0. The molecule has 2 heterocycles. The Morgan fingerprint density at radius 2 is 1.88 bits per heavy atom. The van der Waals surface area contributed by atoms with Gasteiger partial charge in [-0.15, -0.1) is 5.10 Å². The number of para-hydroxylation sites is 1. The smallest absolute Gasteiger partial charge is 0.276 e. The first-order chi connectivity index (χ1) is 12.6. The standard InChI is InChI=1S/C19H17ClN4O2/c1-2-10-22-17(25)15-8-3-4-9-16(15)24-18(22)21-23(19(24)26)12-13-6-5-7-14(20)11-13/h3-9,11H,2,10,12H2,1H3. The molecule has 0 aliphatic carbocycles. The molecule has 26 heavy (non-hydrogen) atoms. The third-order valence-electron chi connectivity index (χ3n) is 4.35. The Balaban J connectivity index is 2.02. The van der Waals surface area contributed by atoms with Crippen LogP contribution in [0.3, 0.4) is 0 Å². The molecule has 0 fully saturated rings. The van der Waals surface area contributed by atoms with Gasteiger partial charge >= 0.3 is 5.69 Å². The molecule has 0 N–H and O–H groups in total. The van der Waals surface area contributed by atoms with Crippen molar-refractivity contribution in [3.8, 4) is 0 Å². The van der Waals surface area contributed by atoms with E-state index in [0.29, 0.717) is 28.2 Å². The summed E-state index contributed by atoms with van der Waals surface area (Å²) in [6, 6.07) is 14.4. The summed E-state index contributed by atoms with van der Waals surface area (Å²) < 4.78 is 4.45. The minimum absolute atomic E-state index is 0.130. The van der Waals surface area contributed by atoms with Gasteiger partial charge in [0.25, 0.3) is 5.56 Å². The quantitative estimate of drug-likeness (QED) is 0.556. The van der Waals surface area contributed by atoms with Crippen molar-refractivity contribution >= 4 is 28.3 Å². The lowest BCUT2D eigenvalue weighted by Crippen LogP contribution is -2.26. The van der Waals surface area contributed by atoms with Crippen LogP contribution < -0.4 is 11.2 Å². The Hall–Kier alpha value is -2.86. The van der Waals surface area contributed by atoms with E-state index in [9.17, 15) is 9.59 Å². The second-order valence-electron chi connectivity index (χ2n) is 6.18. The highest BCUT2D eigenvalue weighted by Crippen LogP contribution is 2.13. The van der Waals surface area contributed by atoms with Crippen molar-refractivity contribution in [3.05, 3.63) is 80.0 Å². The fourth-order valence-corrected chi connectivity index (χ4v) is 3.42. The van der Waals surface area contributed by atoms with Gasteiger partial charge in [0.1, 0.15) is 0 Å². The lowest BCUT2D eigenvalue weighted by Gasteiger charge is -2.07. The molecule has 4 rings (SSSR count). The van der Waals surface area contributed by atoms with Gasteiger partial charge in [-0.2, -0.15) is 0 Å². The van der Waals surface area contributed by atoms with E-state index in [1.807, 2.05) is 25.1 Å². The largest absolute Gasteiger partial charge is 0.352 e. The predicted octanol–water partition coefficient (Wildman–Crippen LogP) is 2.92. The van der Waals surface area contributed by atoms with Gasteiger partial charge in [-0.1, -0.05) is 42.8 Å². The molecule has 2 aromatic heterocycles. The number of fused-ring (bicyclic) bond motifs is 3. The van der Waals surface area contributed by atoms with Crippen LogP contribution in [0.2, 0.25) is 5.02 Å². The van der Waals surface area contributed by atoms with Crippen LogP contribution in [-0.4, -0.2) is 18.7 Å². The van der Waals surface area contributed by atoms with Gasteiger partial charge in [0.2, 0.25) is 5.78 Å². The highest BCUT2D eigenvalue weighted by molar-refractivity contribution is 6.30. The number of halogens is 1. The summed E-state index contributed by atoms with van der Waals surface area (Å²) in [6.07, 6.45) is 0.767. The fourth-order valence-electron chi connectivity index (χ4n) is 3.20. The number of nitrogens with zero attached hydrogens (tertiary/aromatic N) is 4. The van der Waals surface area contributed by atoms with Gasteiger partial charge in [0.15, 0.2) is 0 Å². The lowest BCUT2D eigenvalue weighted by molar-refractivity contribution is 0.639. The minimum atomic E-state index is -0.277. The van der Waals surface area contributed by atoms with E-state index >= 15 is 0 Å². The normalized spacial score (nSPS) is 11.5. The van der Waals surface area contributed by atoms with Crippen molar-refractivity contribution < 1.29 is 0 Å². The predicted molar refractivity (Wildman–Crippen MR) is 102 cm³/mol. The summed E-state index contributed by atoms with van der Waals surface area (Å²) in [5, 5.41) is 5.57. The molecule has 0 saturated heterocycles. The molecule has 0 spiro atoms. The molecule has 0 amide bonds. The van der Waals surface area contributed by atoms with Crippen LogP contribution >= 0.6 is 11.6 Å². The van der Waals surface area contributed by atoms with E-state index in [1.165, 1.54) is 9.08 Å². The zero-order chi connectivity index (χ0) is 18.3. The first-order valence-electron chi connectivity index (χ1n) is 8.45. The summed E-state index contributed by atoms with van der Waals surface area (Å²) in [5.41, 5.74) is 1.04. The van der Waals surface area contributed by atoms with Crippen molar-refractivity contribution in [1.29, 1.82) is 0 Å². The van der Waals surface area contributed by atoms with Crippen LogP contribution in [0.5, 0.6) is 0 Å². The molecular weight excluding hydrogens is 352 g/mol. The highest BCUT2D eigenvalue weighted by Gasteiger charge is 2.16. The van der Waals surface area contributed by atoms with Crippen molar-refractivity contribution in [3.63, 3.8) is 0 Å². The number of aryl methyl sites for hydroxylation is 1. The van der Waals surface area contributed by atoms with Crippen LogP contribution in [0.1, 0.15) is 18.9 Å². The maximum absolute atomic E-state index is 13.0. The number of aromatic nitrogens is 4. The molecule has 2 aromatic carbocycles. The number of hydrogen-bond acceptors (Lipinski definition) is 3. The van der Waals surface area contributed by atoms with Gasteiger partial charge in [0, 0.05) is 11.6 Å². The van der Waals surface area contributed by atoms with Crippen LogP contribution in [0.15, 0.2) is 58.1 Å².